The third-order valence-electron chi connectivity index (χ3n) is 4.69. The maximum Gasteiger partial charge on any atom is 0.254 e. The molecule has 134 valence electrons. The summed E-state index contributed by atoms with van der Waals surface area (Å²) in [6.45, 7) is 9.09. The summed E-state index contributed by atoms with van der Waals surface area (Å²) in [6.07, 6.45) is 0.528. The predicted molar refractivity (Wildman–Crippen MR) is 96.0 cm³/mol. The van der Waals surface area contributed by atoms with Crippen LogP contribution < -0.4 is 0 Å². The lowest BCUT2D eigenvalue weighted by Gasteiger charge is -2.35. The molecule has 0 unspecified atom stereocenters. The minimum atomic E-state index is -0.0765. The number of amides is 2. The Morgan fingerprint density at radius 3 is 2.36 bits per heavy atom. The third kappa shape index (κ3) is 5.04. The van der Waals surface area contributed by atoms with Crippen LogP contribution in [0.4, 0.5) is 0 Å². The lowest BCUT2D eigenvalue weighted by molar-refractivity contribution is -0.133. The van der Waals surface area contributed by atoms with Gasteiger partial charge in [0.25, 0.3) is 5.91 Å². The molecule has 0 spiro atoms. The van der Waals surface area contributed by atoms with Gasteiger partial charge in [-0.05, 0) is 31.3 Å². The van der Waals surface area contributed by atoms with Crippen LogP contribution in [-0.2, 0) is 4.79 Å². The second-order valence-corrected chi connectivity index (χ2v) is 6.14. The molecule has 1 saturated heterocycles. The van der Waals surface area contributed by atoms with E-state index in [4.69, 9.17) is 5.26 Å². The minimum absolute atomic E-state index is 0.0765. The Labute approximate surface area is 149 Å². The van der Waals surface area contributed by atoms with E-state index in [1.807, 2.05) is 4.90 Å². The summed E-state index contributed by atoms with van der Waals surface area (Å²) in [5.74, 6) is 0.0813. The molecule has 25 heavy (non-hydrogen) atoms. The molecule has 1 heterocycles. The zero-order valence-electron chi connectivity index (χ0n) is 15.1. The highest BCUT2D eigenvalue weighted by molar-refractivity contribution is 5.94. The van der Waals surface area contributed by atoms with Gasteiger partial charge in [-0.3, -0.25) is 9.59 Å². The van der Waals surface area contributed by atoms with Crippen molar-refractivity contribution in [3.63, 3.8) is 0 Å². The van der Waals surface area contributed by atoms with Gasteiger partial charge >= 0.3 is 0 Å². The molecule has 0 aliphatic carbocycles. The number of benzene rings is 1. The predicted octanol–water partition coefficient (Wildman–Crippen LogP) is 1.57. The standard InChI is InChI=1S/C19H26N4O2/c1-3-21(4-2)9-8-18(24)22-10-12-23(13-11-22)19(25)17-7-5-6-16(14-17)15-20/h5-7,14H,3-4,8-13H2,1-2H3. The molecule has 0 saturated carbocycles. The van der Waals surface area contributed by atoms with E-state index in [2.05, 4.69) is 24.8 Å². The molecule has 1 aromatic carbocycles. The van der Waals surface area contributed by atoms with Gasteiger partial charge in [-0.25, -0.2) is 0 Å². The average molecular weight is 342 g/mol. The van der Waals surface area contributed by atoms with Crippen LogP contribution in [0.2, 0.25) is 0 Å². The van der Waals surface area contributed by atoms with Crippen molar-refractivity contribution in [3.8, 4) is 6.07 Å². The fourth-order valence-corrected chi connectivity index (χ4v) is 3.01. The molecule has 0 aromatic heterocycles. The molecule has 1 fully saturated rings. The van der Waals surface area contributed by atoms with Crippen LogP contribution in [-0.4, -0.2) is 72.3 Å². The quantitative estimate of drug-likeness (QED) is 0.787. The van der Waals surface area contributed by atoms with E-state index >= 15 is 0 Å². The summed E-state index contributed by atoms with van der Waals surface area (Å²) < 4.78 is 0. The van der Waals surface area contributed by atoms with E-state index in [-0.39, 0.29) is 11.8 Å². The van der Waals surface area contributed by atoms with Crippen molar-refractivity contribution in [2.75, 3.05) is 45.8 Å². The Balaban J connectivity index is 1.85. The fraction of sp³-hybridized carbons (Fsp3) is 0.526. The molecule has 0 bridgehead atoms. The average Bonchev–Trinajstić information content (AvgIpc) is 2.68. The zero-order chi connectivity index (χ0) is 18.2. The van der Waals surface area contributed by atoms with Gasteiger partial charge in [0.05, 0.1) is 11.6 Å². The Morgan fingerprint density at radius 1 is 1.12 bits per heavy atom. The summed E-state index contributed by atoms with van der Waals surface area (Å²) in [7, 11) is 0. The van der Waals surface area contributed by atoms with Crippen molar-refractivity contribution in [2.24, 2.45) is 0 Å². The monoisotopic (exact) mass is 342 g/mol. The molecule has 1 aliphatic rings. The van der Waals surface area contributed by atoms with Gasteiger partial charge in [0.15, 0.2) is 0 Å². The number of carbonyl (C=O) groups is 2. The Bertz CT molecular complexity index is 641. The van der Waals surface area contributed by atoms with Crippen molar-refractivity contribution >= 4 is 11.8 Å². The van der Waals surface area contributed by atoms with Gasteiger partial charge in [0.1, 0.15) is 0 Å². The van der Waals surface area contributed by atoms with Crippen molar-refractivity contribution in [2.45, 2.75) is 20.3 Å². The molecule has 6 heteroatoms. The van der Waals surface area contributed by atoms with Gasteiger partial charge in [-0.15, -0.1) is 0 Å². The maximum atomic E-state index is 12.5. The largest absolute Gasteiger partial charge is 0.339 e. The lowest BCUT2D eigenvalue weighted by atomic mass is 10.1. The van der Waals surface area contributed by atoms with E-state index in [9.17, 15) is 9.59 Å². The van der Waals surface area contributed by atoms with E-state index in [1.165, 1.54) is 0 Å². The molecular formula is C19H26N4O2. The molecular weight excluding hydrogens is 316 g/mol. The summed E-state index contributed by atoms with van der Waals surface area (Å²) >= 11 is 0. The van der Waals surface area contributed by atoms with E-state index < -0.39 is 0 Å². The molecule has 6 nitrogen and oxygen atoms in total. The summed E-state index contributed by atoms with van der Waals surface area (Å²) in [5.41, 5.74) is 1.01. The van der Waals surface area contributed by atoms with Crippen molar-refractivity contribution < 1.29 is 9.59 Å². The third-order valence-corrected chi connectivity index (χ3v) is 4.69. The van der Waals surface area contributed by atoms with Crippen LogP contribution in [0.15, 0.2) is 24.3 Å². The lowest BCUT2D eigenvalue weighted by Crippen LogP contribution is -2.51. The number of rotatable bonds is 6. The molecule has 2 amide bonds. The van der Waals surface area contributed by atoms with Crippen LogP contribution in [0, 0.1) is 11.3 Å². The van der Waals surface area contributed by atoms with Gasteiger partial charge in [0, 0.05) is 44.7 Å². The highest BCUT2D eigenvalue weighted by Crippen LogP contribution is 2.11. The van der Waals surface area contributed by atoms with Crippen LogP contribution in [0.3, 0.4) is 0 Å². The van der Waals surface area contributed by atoms with Crippen molar-refractivity contribution in [1.29, 1.82) is 5.26 Å². The first-order valence-electron chi connectivity index (χ1n) is 8.88. The van der Waals surface area contributed by atoms with E-state index in [0.717, 1.165) is 19.6 Å². The second-order valence-electron chi connectivity index (χ2n) is 6.14. The van der Waals surface area contributed by atoms with Gasteiger partial charge in [0.2, 0.25) is 5.91 Å². The van der Waals surface area contributed by atoms with Crippen LogP contribution in [0.1, 0.15) is 36.2 Å². The van der Waals surface area contributed by atoms with Crippen molar-refractivity contribution in [3.05, 3.63) is 35.4 Å². The highest BCUT2D eigenvalue weighted by atomic mass is 16.2. The SMILES string of the molecule is CCN(CC)CCC(=O)N1CCN(C(=O)c2cccc(C#N)c2)CC1. The zero-order valence-corrected chi connectivity index (χ0v) is 15.1. The van der Waals surface area contributed by atoms with Gasteiger partial charge in [-0.1, -0.05) is 19.9 Å². The molecule has 2 rings (SSSR count). The van der Waals surface area contributed by atoms with E-state index in [1.54, 1.807) is 29.2 Å². The van der Waals surface area contributed by atoms with Gasteiger partial charge in [-0.2, -0.15) is 5.26 Å². The highest BCUT2D eigenvalue weighted by Gasteiger charge is 2.24. The summed E-state index contributed by atoms with van der Waals surface area (Å²) in [4.78, 5) is 30.7. The fourth-order valence-electron chi connectivity index (χ4n) is 3.01. The summed E-state index contributed by atoms with van der Waals surface area (Å²) in [6, 6.07) is 8.80. The second kappa shape index (κ2) is 9.19. The molecule has 1 aliphatic heterocycles. The maximum absolute atomic E-state index is 12.5. The van der Waals surface area contributed by atoms with Crippen molar-refractivity contribution in [1.82, 2.24) is 14.7 Å². The smallest absolute Gasteiger partial charge is 0.254 e. The number of nitrogens with zero attached hydrogens (tertiary/aromatic N) is 4. The number of nitriles is 1. The Hall–Kier alpha value is -2.39. The molecule has 1 aromatic rings. The number of hydrogen-bond acceptors (Lipinski definition) is 4. The Kier molecular flexibility index (Phi) is 6.96. The topological polar surface area (TPSA) is 67.7 Å². The molecule has 0 radical (unpaired) electrons. The first kappa shape index (κ1) is 18.9. The minimum Gasteiger partial charge on any atom is -0.339 e. The molecule has 0 atom stereocenters. The van der Waals surface area contributed by atoms with Crippen LogP contribution >= 0.6 is 0 Å². The normalized spacial score (nSPS) is 14.5. The number of piperazine rings is 1. The Morgan fingerprint density at radius 2 is 1.76 bits per heavy atom. The number of hydrogen-bond donors (Lipinski definition) is 0. The van der Waals surface area contributed by atoms with Crippen LogP contribution in [0.5, 0.6) is 0 Å². The van der Waals surface area contributed by atoms with Gasteiger partial charge < -0.3 is 14.7 Å². The first-order chi connectivity index (χ1) is 12.1. The summed E-state index contributed by atoms with van der Waals surface area (Å²) in [5, 5.41) is 8.95. The molecule has 0 N–H and O–H groups in total. The van der Waals surface area contributed by atoms with Crippen LogP contribution in [0.25, 0.3) is 0 Å². The van der Waals surface area contributed by atoms with E-state index in [0.29, 0.717) is 43.7 Å². The first-order valence-corrected chi connectivity index (χ1v) is 8.88. The number of carbonyl (C=O) groups excluding carboxylic acids is 2.